The first-order chi connectivity index (χ1) is 11.0. The number of alkyl halides is 3. The molecule has 5 nitrogen and oxygen atoms in total. The maximum Gasteiger partial charge on any atom is 0.436 e. The second kappa shape index (κ2) is 7.01. The smallest absolute Gasteiger partial charge is 0.360 e. The molecule has 24 heavy (non-hydrogen) atoms. The highest BCUT2D eigenvalue weighted by atomic mass is 79.9. The molecule has 0 aliphatic heterocycles. The van der Waals surface area contributed by atoms with Gasteiger partial charge in [-0.1, -0.05) is 19.6 Å². The quantitative estimate of drug-likeness (QED) is 0.507. The van der Waals surface area contributed by atoms with Crippen molar-refractivity contribution in [3.8, 4) is 5.82 Å². The van der Waals surface area contributed by atoms with Crippen molar-refractivity contribution >= 4 is 24.0 Å². The molecule has 0 aromatic carbocycles. The molecule has 2 rings (SSSR count). The molecule has 0 saturated heterocycles. The summed E-state index contributed by atoms with van der Waals surface area (Å²) >= 11 is 2.89. The van der Waals surface area contributed by atoms with Crippen LogP contribution < -0.4 is 0 Å². The number of hydrogen-bond donors (Lipinski definition) is 0. The van der Waals surface area contributed by atoms with E-state index in [0.29, 0.717) is 18.0 Å². The Hall–Kier alpha value is -1.13. The molecule has 0 aliphatic rings. The van der Waals surface area contributed by atoms with Gasteiger partial charge in [0.15, 0.2) is 11.5 Å². The van der Waals surface area contributed by atoms with Crippen LogP contribution in [0.5, 0.6) is 0 Å². The first kappa shape index (κ1) is 19.2. The first-order valence-electron chi connectivity index (χ1n) is 7.42. The summed E-state index contributed by atoms with van der Waals surface area (Å²) in [5.41, 5.74) is -0.254. The van der Waals surface area contributed by atoms with E-state index in [1.807, 2.05) is 0 Å². The van der Waals surface area contributed by atoms with E-state index in [4.69, 9.17) is 4.74 Å². The second-order valence-electron chi connectivity index (χ2n) is 6.79. The minimum absolute atomic E-state index is 0.115. The maximum atomic E-state index is 12.8. The molecule has 0 fully saturated rings. The van der Waals surface area contributed by atoms with Gasteiger partial charge in [-0.25, -0.2) is 9.36 Å². The number of halogens is 4. The number of aryl methyl sites for hydroxylation is 1. The Morgan fingerprint density at radius 1 is 1.21 bits per heavy atom. The van der Waals surface area contributed by atoms with Crippen molar-refractivity contribution < 1.29 is 17.9 Å². The average Bonchev–Trinajstić information content (AvgIpc) is 2.96. The SMILES string of the molecule is Cc1cn(COCC[Si](C)(C)C)nc1-n1cc(Br)c(C(F)(F)F)n1. The van der Waals surface area contributed by atoms with Gasteiger partial charge in [0.25, 0.3) is 0 Å². The van der Waals surface area contributed by atoms with Crippen LogP contribution in [0.15, 0.2) is 16.9 Å². The summed E-state index contributed by atoms with van der Waals surface area (Å²) in [4.78, 5) is 0. The molecule has 0 atom stereocenters. The van der Waals surface area contributed by atoms with Crippen LogP contribution in [0.4, 0.5) is 13.2 Å². The minimum atomic E-state index is -4.51. The van der Waals surface area contributed by atoms with Crippen LogP contribution in [0.1, 0.15) is 11.3 Å². The number of nitrogens with zero attached hydrogens (tertiary/aromatic N) is 4. The summed E-state index contributed by atoms with van der Waals surface area (Å²) in [7, 11) is -1.16. The van der Waals surface area contributed by atoms with Crippen LogP contribution in [-0.4, -0.2) is 34.2 Å². The lowest BCUT2D eigenvalue weighted by molar-refractivity contribution is -0.141. The highest BCUT2D eigenvalue weighted by molar-refractivity contribution is 9.10. The topological polar surface area (TPSA) is 44.9 Å². The molecule has 0 unspecified atom stereocenters. The number of aromatic nitrogens is 4. The largest absolute Gasteiger partial charge is 0.436 e. The van der Waals surface area contributed by atoms with E-state index in [1.54, 1.807) is 17.8 Å². The number of ether oxygens (including phenoxy) is 1. The van der Waals surface area contributed by atoms with Crippen molar-refractivity contribution in [1.29, 1.82) is 0 Å². The van der Waals surface area contributed by atoms with E-state index in [1.165, 1.54) is 6.20 Å². The normalized spacial score (nSPS) is 12.8. The Kier molecular flexibility index (Phi) is 5.60. The fourth-order valence-corrected chi connectivity index (χ4v) is 3.25. The van der Waals surface area contributed by atoms with E-state index in [2.05, 4.69) is 45.8 Å². The molecule has 0 aliphatic carbocycles. The van der Waals surface area contributed by atoms with Gasteiger partial charge < -0.3 is 4.74 Å². The summed E-state index contributed by atoms with van der Waals surface area (Å²) in [6.07, 6.45) is -1.53. The second-order valence-corrected chi connectivity index (χ2v) is 13.3. The fourth-order valence-electron chi connectivity index (χ4n) is 1.99. The van der Waals surface area contributed by atoms with E-state index < -0.39 is 19.9 Å². The maximum absolute atomic E-state index is 12.8. The molecule has 2 heterocycles. The van der Waals surface area contributed by atoms with Gasteiger partial charge in [-0.3, -0.25) is 0 Å². The molecule has 0 N–H and O–H groups in total. The van der Waals surface area contributed by atoms with Gasteiger partial charge in [-0.15, -0.1) is 0 Å². The van der Waals surface area contributed by atoms with E-state index in [9.17, 15) is 13.2 Å². The fraction of sp³-hybridized carbons (Fsp3) is 0.571. The van der Waals surface area contributed by atoms with Gasteiger partial charge in [-0.2, -0.15) is 23.4 Å². The highest BCUT2D eigenvalue weighted by Crippen LogP contribution is 2.34. The van der Waals surface area contributed by atoms with E-state index in [0.717, 1.165) is 10.7 Å². The van der Waals surface area contributed by atoms with Crippen molar-refractivity contribution in [2.75, 3.05) is 6.61 Å². The Balaban J connectivity index is 2.09. The molecular formula is C14H20BrF3N4OSi. The van der Waals surface area contributed by atoms with Crippen LogP contribution in [0.3, 0.4) is 0 Å². The van der Waals surface area contributed by atoms with Gasteiger partial charge in [0.2, 0.25) is 0 Å². The molecule has 134 valence electrons. The van der Waals surface area contributed by atoms with Crippen LogP contribution in [-0.2, 0) is 17.6 Å². The van der Waals surface area contributed by atoms with Gasteiger partial charge in [0.1, 0.15) is 6.73 Å². The zero-order chi connectivity index (χ0) is 18.1. The number of hydrogen-bond acceptors (Lipinski definition) is 3. The van der Waals surface area contributed by atoms with Crippen LogP contribution in [0.25, 0.3) is 5.82 Å². The lowest BCUT2D eigenvalue weighted by Gasteiger charge is -2.15. The third-order valence-corrected chi connectivity index (χ3v) is 5.58. The predicted molar refractivity (Wildman–Crippen MR) is 90.9 cm³/mol. The lowest BCUT2D eigenvalue weighted by Crippen LogP contribution is -2.22. The summed E-state index contributed by atoms with van der Waals surface area (Å²) in [5, 5.41) is 7.85. The van der Waals surface area contributed by atoms with E-state index >= 15 is 0 Å². The van der Waals surface area contributed by atoms with Crippen LogP contribution in [0.2, 0.25) is 25.7 Å². The molecule has 0 bridgehead atoms. The Morgan fingerprint density at radius 3 is 2.42 bits per heavy atom. The third kappa shape index (κ3) is 4.93. The standard InChI is InChI=1S/C14H20BrF3N4OSi/c1-10-7-21(9-23-5-6-24(2,3)4)20-13(10)22-8-11(15)12(19-22)14(16,17)18/h7-8H,5-6,9H2,1-4H3. The average molecular weight is 425 g/mol. The Morgan fingerprint density at radius 2 is 1.88 bits per heavy atom. The third-order valence-electron chi connectivity index (χ3n) is 3.29. The van der Waals surface area contributed by atoms with Crippen molar-refractivity contribution in [1.82, 2.24) is 19.6 Å². The molecule has 2 aromatic rings. The summed E-state index contributed by atoms with van der Waals surface area (Å²) in [6.45, 7) is 9.47. The zero-order valence-electron chi connectivity index (χ0n) is 14.0. The highest BCUT2D eigenvalue weighted by Gasteiger charge is 2.37. The van der Waals surface area contributed by atoms with Crippen LogP contribution >= 0.6 is 15.9 Å². The Bertz CT molecular complexity index is 706. The molecule has 2 aromatic heterocycles. The zero-order valence-corrected chi connectivity index (χ0v) is 16.6. The molecule has 0 spiro atoms. The molecule has 0 radical (unpaired) electrons. The minimum Gasteiger partial charge on any atom is -0.360 e. The van der Waals surface area contributed by atoms with Gasteiger partial charge >= 0.3 is 6.18 Å². The van der Waals surface area contributed by atoms with Crippen molar-refractivity contribution in [3.05, 3.63) is 28.1 Å². The van der Waals surface area contributed by atoms with E-state index in [-0.39, 0.29) is 11.2 Å². The first-order valence-corrected chi connectivity index (χ1v) is 11.9. The van der Waals surface area contributed by atoms with Gasteiger partial charge in [0.05, 0.1) is 4.47 Å². The molecule has 0 amide bonds. The summed E-state index contributed by atoms with van der Waals surface area (Å²) < 4.78 is 46.7. The predicted octanol–water partition coefficient (Wildman–Crippen LogP) is 4.47. The van der Waals surface area contributed by atoms with Gasteiger partial charge in [0, 0.05) is 32.6 Å². The summed E-state index contributed by atoms with van der Waals surface area (Å²) in [6, 6.07) is 1.04. The number of rotatable bonds is 6. The molecular weight excluding hydrogens is 405 g/mol. The summed E-state index contributed by atoms with van der Waals surface area (Å²) in [5.74, 6) is 0.347. The van der Waals surface area contributed by atoms with Crippen LogP contribution in [0, 0.1) is 6.92 Å². The monoisotopic (exact) mass is 424 g/mol. The van der Waals surface area contributed by atoms with Crippen molar-refractivity contribution in [3.63, 3.8) is 0 Å². The molecule has 0 saturated carbocycles. The Labute approximate surface area is 147 Å². The van der Waals surface area contributed by atoms with Crippen molar-refractivity contribution in [2.24, 2.45) is 0 Å². The molecule has 10 heteroatoms. The lowest BCUT2D eigenvalue weighted by atomic mass is 10.4. The van der Waals surface area contributed by atoms with Gasteiger partial charge in [-0.05, 0) is 28.9 Å². The van der Waals surface area contributed by atoms with Crippen molar-refractivity contribution in [2.45, 2.75) is 45.5 Å².